The molecule has 0 saturated heterocycles. The molecule has 0 aromatic heterocycles. The molecule has 1 atom stereocenters. The van der Waals surface area contributed by atoms with Crippen molar-refractivity contribution in [2.24, 2.45) is 0 Å². The lowest BCUT2D eigenvalue weighted by Gasteiger charge is -2.05. The first kappa shape index (κ1) is 12.8. The molecule has 2 nitrogen and oxygen atoms in total. The smallest absolute Gasteiger partial charge is 0.316 e. The van der Waals surface area contributed by atoms with E-state index < -0.39 is 5.97 Å². The molecule has 0 saturated carbocycles. The molecule has 1 aromatic carbocycles. The molecule has 1 rings (SSSR count). The number of halogens is 2. The van der Waals surface area contributed by atoms with E-state index in [1.165, 1.54) is 0 Å². The topological polar surface area (TPSA) is 37.3 Å². The number of hydrogen-bond donors (Lipinski definition) is 1. The summed E-state index contributed by atoms with van der Waals surface area (Å²) in [6.07, 6.45) is 2.37. The van der Waals surface area contributed by atoms with Crippen molar-refractivity contribution in [3.8, 4) is 0 Å². The molecule has 15 heavy (non-hydrogen) atoms. The van der Waals surface area contributed by atoms with Crippen LogP contribution in [0.5, 0.6) is 0 Å². The standard InChI is InChI=1S/C11H12ClIO2/c12-9-6-2-1-4-8(9)5-3-7-10(13)11(14)15/h1-2,4,6,10H,3,5,7H2,(H,14,15). The molecule has 0 bridgehead atoms. The van der Waals surface area contributed by atoms with E-state index in [-0.39, 0.29) is 3.92 Å². The number of carboxylic acid groups (broad SMARTS) is 1. The summed E-state index contributed by atoms with van der Waals surface area (Å²) in [5.41, 5.74) is 1.09. The fourth-order valence-electron chi connectivity index (χ4n) is 1.30. The highest BCUT2D eigenvalue weighted by molar-refractivity contribution is 14.1. The van der Waals surface area contributed by atoms with Crippen LogP contribution >= 0.6 is 34.2 Å². The molecule has 1 N–H and O–H groups in total. The van der Waals surface area contributed by atoms with Crippen LogP contribution in [0.2, 0.25) is 5.02 Å². The Morgan fingerprint density at radius 2 is 2.13 bits per heavy atom. The Morgan fingerprint density at radius 1 is 1.47 bits per heavy atom. The van der Waals surface area contributed by atoms with Gasteiger partial charge in [-0.05, 0) is 30.9 Å². The fraction of sp³-hybridized carbons (Fsp3) is 0.364. The molecule has 0 amide bonds. The van der Waals surface area contributed by atoms with Gasteiger partial charge in [0.15, 0.2) is 0 Å². The van der Waals surface area contributed by atoms with Crippen molar-refractivity contribution >= 4 is 40.2 Å². The minimum absolute atomic E-state index is 0.301. The number of rotatable bonds is 5. The molecule has 0 aliphatic carbocycles. The van der Waals surface area contributed by atoms with E-state index in [2.05, 4.69) is 0 Å². The van der Waals surface area contributed by atoms with Crippen LogP contribution in [0.4, 0.5) is 0 Å². The Morgan fingerprint density at radius 3 is 2.73 bits per heavy atom. The predicted molar refractivity (Wildman–Crippen MR) is 69.8 cm³/mol. The maximum Gasteiger partial charge on any atom is 0.316 e. The third-order valence-electron chi connectivity index (χ3n) is 2.13. The molecule has 0 aliphatic rings. The van der Waals surface area contributed by atoms with Crippen molar-refractivity contribution in [2.45, 2.75) is 23.2 Å². The summed E-state index contributed by atoms with van der Waals surface area (Å²) in [6.45, 7) is 0. The zero-order valence-electron chi connectivity index (χ0n) is 8.12. The first-order chi connectivity index (χ1) is 7.11. The van der Waals surface area contributed by atoms with Crippen LogP contribution in [0, 0.1) is 0 Å². The molecular weight excluding hydrogens is 326 g/mol. The van der Waals surface area contributed by atoms with Crippen LogP contribution in [0.1, 0.15) is 18.4 Å². The number of aliphatic carboxylic acids is 1. The summed E-state index contributed by atoms with van der Waals surface area (Å²) in [7, 11) is 0. The van der Waals surface area contributed by atoms with Gasteiger partial charge in [0.25, 0.3) is 0 Å². The Bertz CT molecular complexity index is 341. The van der Waals surface area contributed by atoms with Gasteiger partial charge in [0.1, 0.15) is 3.92 Å². The number of benzene rings is 1. The number of carbonyl (C=O) groups is 1. The Labute approximate surface area is 108 Å². The molecule has 82 valence electrons. The molecule has 0 spiro atoms. The maximum atomic E-state index is 10.6. The van der Waals surface area contributed by atoms with Crippen LogP contribution in [-0.2, 0) is 11.2 Å². The van der Waals surface area contributed by atoms with Gasteiger partial charge in [-0.25, -0.2) is 0 Å². The highest BCUT2D eigenvalue weighted by atomic mass is 127. The number of hydrogen-bond acceptors (Lipinski definition) is 1. The van der Waals surface area contributed by atoms with Gasteiger partial charge >= 0.3 is 5.97 Å². The van der Waals surface area contributed by atoms with E-state index in [0.717, 1.165) is 23.4 Å². The second kappa shape index (κ2) is 6.33. The van der Waals surface area contributed by atoms with Crippen molar-refractivity contribution in [3.63, 3.8) is 0 Å². The Hall–Kier alpha value is -0.290. The van der Waals surface area contributed by atoms with E-state index in [1.807, 2.05) is 46.9 Å². The minimum Gasteiger partial charge on any atom is -0.480 e. The van der Waals surface area contributed by atoms with E-state index in [9.17, 15) is 4.79 Å². The van der Waals surface area contributed by atoms with E-state index >= 15 is 0 Å². The Kier molecular flexibility index (Phi) is 5.39. The van der Waals surface area contributed by atoms with Crippen molar-refractivity contribution in [3.05, 3.63) is 34.9 Å². The monoisotopic (exact) mass is 338 g/mol. The van der Waals surface area contributed by atoms with Gasteiger partial charge < -0.3 is 5.11 Å². The third-order valence-corrected chi connectivity index (χ3v) is 3.65. The van der Waals surface area contributed by atoms with Gasteiger partial charge in [0.05, 0.1) is 0 Å². The molecule has 0 aliphatic heterocycles. The number of alkyl halides is 1. The summed E-state index contributed by atoms with van der Waals surface area (Å²) in [4.78, 5) is 10.6. The summed E-state index contributed by atoms with van der Waals surface area (Å²) in [5.74, 6) is -0.741. The number of aryl methyl sites for hydroxylation is 1. The maximum absolute atomic E-state index is 10.6. The lowest BCUT2D eigenvalue weighted by molar-refractivity contribution is -0.136. The molecule has 4 heteroatoms. The summed E-state index contributed by atoms with van der Waals surface area (Å²) in [5, 5.41) is 9.46. The predicted octanol–water partition coefficient (Wildman–Crippen LogP) is 3.55. The molecule has 0 heterocycles. The average molecular weight is 339 g/mol. The fourth-order valence-corrected chi connectivity index (χ4v) is 1.97. The third kappa shape index (κ3) is 4.38. The largest absolute Gasteiger partial charge is 0.480 e. The molecule has 1 aromatic rings. The molecule has 0 fully saturated rings. The van der Waals surface area contributed by atoms with E-state index in [4.69, 9.17) is 16.7 Å². The van der Waals surface area contributed by atoms with Crippen LogP contribution in [0.3, 0.4) is 0 Å². The zero-order chi connectivity index (χ0) is 11.3. The van der Waals surface area contributed by atoms with E-state index in [1.54, 1.807) is 0 Å². The van der Waals surface area contributed by atoms with Crippen molar-refractivity contribution in [2.75, 3.05) is 0 Å². The normalized spacial score (nSPS) is 12.4. The average Bonchev–Trinajstić information content (AvgIpc) is 2.20. The summed E-state index contributed by atoms with van der Waals surface area (Å²) in [6, 6.07) is 7.67. The van der Waals surface area contributed by atoms with Crippen LogP contribution < -0.4 is 0 Å². The second-order valence-corrected chi connectivity index (χ2v) is 5.20. The first-order valence-corrected chi connectivity index (χ1v) is 6.34. The minimum atomic E-state index is -0.741. The quantitative estimate of drug-likeness (QED) is 0.658. The van der Waals surface area contributed by atoms with Gasteiger partial charge in [-0.1, -0.05) is 52.4 Å². The van der Waals surface area contributed by atoms with Crippen molar-refractivity contribution in [1.29, 1.82) is 0 Å². The molecule has 0 radical (unpaired) electrons. The van der Waals surface area contributed by atoms with Gasteiger partial charge in [-0.15, -0.1) is 0 Å². The highest BCUT2D eigenvalue weighted by Crippen LogP contribution is 2.18. The zero-order valence-corrected chi connectivity index (χ0v) is 11.0. The second-order valence-electron chi connectivity index (χ2n) is 3.29. The van der Waals surface area contributed by atoms with E-state index in [0.29, 0.717) is 6.42 Å². The lowest BCUT2D eigenvalue weighted by atomic mass is 10.1. The summed E-state index contributed by atoms with van der Waals surface area (Å²) < 4.78 is -0.301. The summed E-state index contributed by atoms with van der Waals surface area (Å²) >= 11 is 7.93. The van der Waals surface area contributed by atoms with Gasteiger partial charge in [0, 0.05) is 5.02 Å². The molecular formula is C11H12ClIO2. The van der Waals surface area contributed by atoms with Crippen LogP contribution in [0.25, 0.3) is 0 Å². The van der Waals surface area contributed by atoms with Crippen molar-refractivity contribution in [1.82, 2.24) is 0 Å². The lowest BCUT2D eigenvalue weighted by Crippen LogP contribution is -2.12. The van der Waals surface area contributed by atoms with Crippen LogP contribution in [-0.4, -0.2) is 15.0 Å². The number of carboxylic acids is 1. The highest BCUT2D eigenvalue weighted by Gasteiger charge is 2.12. The van der Waals surface area contributed by atoms with Gasteiger partial charge in [-0.2, -0.15) is 0 Å². The SMILES string of the molecule is O=C(O)C(I)CCCc1ccccc1Cl. The van der Waals surface area contributed by atoms with Gasteiger partial charge in [0.2, 0.25) is 0 Å². The Balaban J connectivity index is 2.38. The van der Waals surface area contributed by atoms with Crippen LogP contribution in [0.15, 0.2) is 24.3 Å². The molecule has 1 unspecified atom stereocenters. The van der Waals surface area contributed by atoms with Crippen molar-refractivity contribution < 1.29 is 9.90 Å². The first-order valence-electron chi connectivity index (χ1n) is 4.71. The van der Waals surface area contributed by atoms with Gasteiger partial charge in [-0.3, -0.25) is 4.79 Å².